The molecule has 1 atom stereocenters. The fourth-order valence-electron chi connectivity index (χ4n) is 2.79. The summed E-state index contributed by atoms with van der Waals surface area (Å²) in [6.45, 7) is 2.82. The quantitative estimate of drug-likeness (QED) is 0.808. The summed E-state index contributed by atoms with van der Waals surface area (Å²) in [6, 6.07) is 11.1. The highest BCUT2D eigenvalue weighted by atomic mass is 35.5. The minimum absolute atomic E-state index is 0.175. The van der Waals surface area contributed by atoms with Crippen molar-refractivity contribution in [2.24, 2.45) is 5.92 Å². The Kier molecular flexibility index (Phi) is 6.67. The molecule has 1 aromatic carbocycles. The summed E-state index contributed by atoms with van der Waals surface area (Å²) >= 11 is 7.57. The summed E-state index contributed by atoms with van der Waals surface area (Å²) in [5, 5.41) is 15.8. The van der Waals surface area contributed by atoms with Crippen LogP contribution in [0, 0.1) is 5.92 Å². The molecule has 2 aromatic rings. The molecule has 5 nitrogen and oxygen atoms in total. The number of hydrogen-bond acceptors (Lipinski definition) is 5. The summed E-state index contributed by atoms with van der Waals surface area (Å²) in [5.41, 5.74) is 0.338. The van der Waals surface area contributed by atoms with E-state index in [2.05, 4.69) is 20.8 Å². The zero-order valence-electron chi connectivity index (χ0n) is 13.9. The summed E-state index contributed by atoms with van der Waals surface area (Å²) in [5.74, 6) is 0.472. The van der Waals surface area contributed by atoms with Crippen molar-refractivity contribution in [1.82, 2.24) is 20.8 Å². The summed E-state index contributed by atoms with van der Waals surface area (Å²) < 4.78 is 0. The van der Waals surface area contributed by atoms with Gasteiger partial charge in [0, 0.05) is 11.4 Å². The Balaban J connectivity index is 1.49. The van der Waals surface area contributed by atoms with E-state index in [1.54, 1.807) is 12.1 Å². The van der Waals surface area contributed by atoms with Crippen molar-refractivity contribution in [2.45, 2.75) is 29.2 Å². The maximum atomic E-state index is 12.2. The van der Waals surface area contributed by atoms with Crippen molar-refractivity contribution < 1.29 is 4.79 Å². The van der Waals surface area contributed by atoms with E-state index in [0.717, 1.165) is 24.4 Å². The standard InChI is InChI=1S/C18H21ClN4OS/c19-14-5-1-2-6-16(14)25-17-8-7-15(22-23-17)18(24)21-11-9-13-4-3-10-20-12-13/h1-2,5-8,13,20H,3-4,9-12H2,(H,21,24). The van der Waals surface area contributed by atoms with Gasteiger partial charge in [-0.3, -0.25) is 4.79 Å². The first-order valence-electron chi connectivity index (χ1n) is 8.47. The van der Waals surface area contributed by atoms with Gasteiger partial charge in [0.25, 0.3) is 5.91 Å². The van der Waals surface area contributed by atoms with E-state index < -0.39 is 0 Å². The fourth-order valence-corrected chi connectivity index (χ4v) is 3.79. The highest BCUT2D eigenvalue weighted by molar-refractivity contribution is 7.99. The van der Waals surface area contributed by atoms with Crippen LogP contribution in [0.15, 0.2) is 46.3 Å². The lowest BCUT2D eigenvalue weighted by molar-refractivity contribution is 0.0944. The van der Waals surface area contributed by atoms with Crippen LogP contribution in [0.2, 0.25) is 5.02 Å². The number of nitrogens with zero attached hydrogens (tertiary/aromatic N) is 2. The first-order valence-corrected chi connectivity index (χ1v) is 9.67. The number of hydrogen-bond donors (Lipinski definition) is 2. The zero-order chi connectivity index (χ0) is 17.5. The Morgan fingerprint density at radius 3 is 2.88 bits per heavy atom. The minimum atomic E-state index is -0.175. The van der Waals surface area contributed by atoms with E-state index in [-0.39, 0.29) is 5.91 Å². The number of carbonyl (C=O) groups excluding carboxylic acids is 1. The van der Waals surface area contributed by atoms with E-state index in [1.807, 2.05) is 24.3 Å². The molecule has 1 aliphatic rings. The number of piperidine rings is 1. The molecule has 0 bridgehead atoms. The molecule has 1 fully saturated rings. The number of halogens is 1. The SMILES string of the molecule is O=C(NCCC1CCCNC1)c1ccc(Sc2ccccc2Cl)nn1. The topological polar surface area (TPSA) is 66.9 Å². The molecular weight excluding hydrogens is 356 g/mol. The van der Waals surface area contributed by atoms with Gasteiger partial charge in [0.1, 0.15) is 5.03 Å². The van der Waals surface area contributed by atoms with Gasteiger partial charge in [0.2, 0.25) is 0 Å². The van der Waals surface area contributed by atoms with Crippen LogP contribution in [-0.2, 0) is 0 Å². The van der Waals surface area contributed by atoms with Crippen LogP contribution in [0.3, 0.4) is 0 Å². The molecule has 0 saturated carbocycles. The number of carbonyl (C=O) groups is 1. The molecule has 1 aromatic heterocycles. The van der Waals surface area contributed by atoms with Gasteiger partial charge in [-0.05, 0) is 62.5 Å². The van der Waals surface area contributed by atoms with Crippen LogP contribution in [0.4, 0.5) is 0 Å². The van der Waals surface area contributed by atoms with Gasteiger partial charge < -0.3 is 10.6 Å². The highest BCUT2D eigenvalue weighted by Crippen LogP contribution is 2.31. The molecule has 7 heteroatoms. The molecule has 25 heavy (non-hydrogen) atoms. The molecule has 1 saturated heterocycles. The molecule has 1 amide bonds. The number of nitrogens with one attached hydrogen (secondary N) is 2. The molecule has 0 aliphatic carbocycles. The second-order valence-electron chi connectivity index (χ2n) is 6.05. The molecule has 2 heterocycles. The number of rotatable bonds is 6. The predicted molar refractivity (Wildman–Crippen MR) is 100 cm³/mol. The van der Waals surface area contributed by atoms with Crippen molar-refractivity contribution in [2.75, 3.05) is 19.6 Å². The predicted octanol–water partition coefficient (Wildman–Crippen LogP) is 3.40. The largest absolute Gasteiger partial charge is 0.351 e. The van der Waals surface area contributed by atoms with E-state index in [9.17, 15) is 4.79 Å². The molecule has 3 rings (SSSR count). The first-order chi connectivity index (χ1) is 12.2. The second kappa shape index (κ2) is 9.17. The number of aromatic nitrogens is 2. The van der Waals surface area contributed by atoms with Crippen LogP contribution in [0.5, 0.6) is 0 Å². The lowest BCUT2D eigenvalue weighted by Crippen LogP contribution is -2.33. The van der Waals surface area contributed by atoms with Gasteiger partial charge in [0.05, 0.1) is 5.02 Å². The monoisotopic (exact) mass is 376 g/mol. The minimum Gasteiger partial charge on any atom is -0.351 e. The molecule has 0 spiro atoms. The molecule has 1 aliphatic heterocycles. The molecule has 132 valence electrons. The third kappa shape index (κ3) is 5.42. The van der Waals surface area contributed by atoms with Crippen molar-refractivity contribution in [1.29, 1.82) is 0 Å². The van der Waals surface area contributed by atoms with Gasteiger partial charge in [-0.25, -0.2) is 0 Å². The molecule has 2 N–H and O–H groups in total. The fraction of sp³-hybridized carbons (Fsp3) is 0.389. The highest BCUT2D eigenvalue weighted by Gasteiger charge is 2.14. The van der Waals surface area contributed by atoms with Crippen molar-refractivity contribution in [3.05, 3.63) is 47.1 Å². The Bertz CT molecular complexity index is 704. The molecule has 1 unspecified atom stereocenters. The van der Waals surface area contributed by atoms with Gasteiger partial charge in [-0.15, -0.1) is 10.2 Å². The Labute approximate surface area is 156 Å². The Hall–Kier alpha value is -1.63. The average molecular weight is 377 g/mol. The number of benzene rings is 1. The van der Waals surface area contributed by atoms with Gasteiger partial charge in [-0.2, -0.15) is 0 Å². The van der Waals surface area contributed by atoms with Crippen LogP contribution >= 0.6 is 23.4 Å². The van der Waals surface area contributed by atoms with Crippen molar-refractivity contribution >= 4 is 29.3 Å². The summed E-state index contributed by atoms with van der Waals surface area (Å²) in [7, 11) is 0. The van der Waals surface area contributed by atoms with Gasteiger partial charge >= 0.3 is 0 Å². The maximum absolute atomic E-state index is 12.2. The molecule has 0 radical (unpaired) electrons. The average Bonchev–Trinajstić information content (AvgIpc) is 2.65. The third-order valence-electron chi connectivity index (χ3n) is 4.16. The second-order valence-corrected chi connectivity index (χ2v) is 7.52. The van der Waals surface area contributed by atoms with E-state index >= 15 is 0 Å². The smallest absolute Gasteiger partial charge is 0.271 e. The zero-order valence-corrected chi connectivity index (χ0v) is 15.4. The normalized spacial score (nSPS) is 17.2. The van der Waals surface area contributed by atoms with Crippen LogP contribution < -0.4 is 10.6 Å². The van der Waals surface area contributed by atoms with Crippen LogP contribution in [-0.4, -0.2) is 35.7 Å². The lowest BCUT2D eigenvalue weighted by Gasteiger charge is -2.22. The van der Waals surface area contributed by atoms with Crippen molar-refractivity contribution in [3.8, 4) is 0 Å². The lowest BCUT2D eigenvalue weighted by atomic mass is 9.96. The van der Waals surface area contributed by atoms with E-state index in [0.29, 0.717) is 28.2 Å². The van der Waals surface area contributed by atoms with E-state index in [4.69, 9.17) is 11.6 Å². The van der Waals surface area contributed by atoms with E-state index in [1.165, 1.54) is 24.6 Å². The van der Waals surface area contributed by atoms with Crippen molar-refractivity contribution in [3.63, 3.8) is 0 Å². The van der Waals surface area contributed by atoms with Crippen LogP contribution in [0.25, 0.3) is 0 Å². The number of amides is 1. The van der Waals surface area contributed by atoms with Gasteiger partial charge in [-0.1, -0.05) is 35.5 Å². The Morgan fingerprint density at radius 1 is 1.28 bits per heavy atom. The van der Waals surface area contributed by atoms with Crippen LogP contribution in [0.1, 0.15) is 29.8 Å². The third-order valence-corrected chi connectivity index (χ3v) is 5.61. The summed E-state index contributed by atoms with van der Waals surface area (Å²) in [6.07, 6.45) is 3.44. The van der Waals surface area contributed by atoms with Gasteiger partial charge in [0.15, 0.2) is 5.69 Å². The Morgan fingerprint density at radius 2 is 2.16 bits per heavy atom. The summed E-state index contributed by atoms with van der Waals surface area (Å²) in [4.78, 5) is 13.1. The maximum Gasteiger partial charge on any atom is 0.271 e. The molecular formula is C18H21ClN4OS. The first kappa shape index (κ1) is 18.2.